The van der Waals surface area contributed by atoms with Crippen LogP contribution >= 0.6 is 39.0 Å². The summed E-state index contributed by atoms with van der Waals surface area (Å²) in [5.41, 5.74) is 3.63. The summed E-state index contributed by atoms with van der Waals surface area (Å²) in [7, 11) is 0. The molecule has 4 aromatic carbocycles. The van der Waals surface area contributed by atoms with Gasteiger partial charge in [-0.2, -0.15) is 0 Å². The molecule has 5 rings (SSSR count). The van der Waals surface area contributed by atoms with Gasteiger partial charge in [0.05, 0.1) is 10.9 Å². The van der Waals surface area contributed by atoms with E-state index in [1.807, 2.05) is 80.6 Å². The molecular weight excluding hydrogens is 668 g/mol. The van der Waals surface area contributed by atoms with Gasteiger partial charge in [-0.3, -0.25) is 14.4 Å². The normalized spacial score (nSPS) is 11.8. The lowest BCUT2D eigenvalue weighted by atomic mass is 10.1. The van der Waals surface area contributed by atoms with Crippen LogP contribution in [0.25, 0.3) is 17.3 Å². The van der Waals surface area contributed by atoms with Crippen molar-refractivity contribution < 1.29 is 14.4 Å². The summed E-state index contributed by atoms with van der Waals surface area (Å²) in [6, 6.07) is 33.2. The minimum atomic E-state index is -0.486. The van der Waals surface area contributed by atoms with Crippen molar-refractivity contribution in [3.63, 3.8) is 0 Å². The number of benzene rings is 4. The van der Waals surface area contributed by atoms with Gasteiger partial charge in [-0.1, -0.05) is 82.7 Å². The molecule has 3 amide bonds. The number of amides is 3. The number of aromatic nitrogens is 1. The predicted molar refractivity (Wildman–Crippen MR) is 187 cm³/mol. The highest BCUT2D eigenvalue weighted by Crippen LogP contribution is 2.32. The lowest BCUT2D eigenvalue weighted by molar-refractivity contribution is -0.115. The van der Waals surface area contributed by atoms with Crippen LogP contribution in [-0.2, 0) is 9.59 Å². The molecule has 0 bridgehead atoms. The number of hydrogen-bond acceptors (Lipinski definition) is 6. The molecule has 10 heteroatoms. The molecule has 0 aliphatic carbocycles. The Labute approximate surface area is 278 Å². The minimum absolute atomic E-state index is 0.0846. The highest BCUT2D eigenvalue weighted by Gasteiger charge is 2.19. The molecule has 0 saturated carbocycles. The zero-order valence-electron chi connectivity index (χ0n) is 24.4. The molecule has 0 aliphatic rings. The van der Waals surface area contributed by atoms with Gasteiger partial charge in [-0.05, 0) is 68.0 Å². The van der Waals surface area contributed by atoms with E-state index in [0.29, 0.717) is 16.4 Å². The fourth-order valence-electron chi connectivity index (χ4n) is 4.33. The number of thioether (sulfide) groups is 1. The summed E-state index contributed by atoms with van der Waals surface area (Å²) in [6.07, 6.45) is 1.62. The Hall–Kier alpha value is -4.51. The monoisotopic (exact) mass is 696 g/mol. The molecule has 0 spiro atoms. The van der Waals surface area contributed by atoms with Gasteiger partial charge >= 0.3 is 0 Å². The van der Waals surface area contributed by atoms with E-state index in [2.05, 4.69) is 36.9 Å². The summed E-state index contributed by atoms with van der Waals surface area (Å²) in [6.45, 7) is 3.81. The zero-order valence-corrected chi connectivity index (χ0v) is 27.6. The van der Waals surface area contributed by atoms with Crippen LogP contribution < -0.4 is 16.0 Å². The largest absolute Gasteiger partial charge is 0.321 e. The summed E-state index contributed by atoms with van der Waals surface area (Å²) in [5.74, 6) is -1.06. The summed E-state index contributed by atoms with van der Waals surface area (Å²) < 4.78 is 0.843. The number of halogens is 1. The first-order valence-electron chi connectivity index (χ1n) is 14.0. The number of carbonyl (C=O) groups excluding carboxylic acids is 3. The molecule has 0 fully saturated rings. The maximum absolute atomic E-state index is 13.5. The van der Waals surface area contributed by atoms with Crippen molar-refractivity contribution in [2.45, 2.75) is 24.0 Å². The highest BCUT2D eigenvalue weighted by molar-refractivity contribution is 9.10. The van der Waals surface area contributed by atoms with Crippen LogP contribution in [0.3, 0.4) is 0 Å². The number of aryl methyl sites for hydroxylation is 1. The van der Waals surface area contributed by atoms with Crippen molar-refractivity contribution in [2.24, 2.45) is 0 Å². The Morgan fingerprint density at radius 3 is 2.31 bits per heavy atom. The van der Waals surface area contributed by atoms with E-state index in [-0.39, 0.29) is 11.6 Å². The lowest BCUT2D eigenvalue weighted by Gasteiger charge is -2.14. The van der Waals surface area contributed by atoms with Crippen LogP contribution in [0.4, 0.5) is 10.8 Å². The number of nitrogens with zero attached hydrogens (tertiary/aromatic N) is 1. The SMILES string of the molecule is Cc1sc(NC(=O)C(C)Sc2cccc(NC(=O)/C(=C\c3cccc(Br)c3)NC(=O)c3ccccc3)c2)nc1-c1ccccc1. The van der Waals surface area contributed by atoms with Gasteiger partial charge < -0.3 is 16.0 Å². The van der Waals surface area contributed by atoms with E-state index in [0.717, 1.165) is 31.1 Å². The molecule has 3 N–H and O–H groups in total. The van der Waals surface area contributed by atoms with Gasteiger partial charge in [0.2, 0.25) is 5.91 Å². The Balaban J connectivity index is 1.26. The average Bonchev–Trinajstić information content (AvgIpc) is 3.41. The van der Waals surface area contributed by atoms with E-state index < -0.39 is 17.1 Å². The van der Waals surface area contributed by atoms with Gasteiger partial charge in [-0.25, -0.2) is 4.98 Å². The Morgan fingerprint density at radius 2 is 1.58 bits per heavy atom. The van der Waals surface area contributed by atoms with Gasteiger partial charge in [0, 0.05) is 31.1 Å². The Bertz CT molecular complexity index is 1860. The van der Waals surface area contributed by atoms with Gasteiger partial charge in [0.15, 0.2) is 5.13 Å². The number of carbonyl (C=O) groups is 3. The van der Waals surface area contributed by atoms with E-state index >= 15 is 0 Å². The van der Waals surface area contributed by atoms with Crippen LogP contribution in [0.2, 0.25) is 0 Å². The number of rotatable bonds is 10. The Morgan fingerprint density at radius 1 is 0.867 bits per heavy atom. The van der Waals surface area contributed by atoms with Crippen molar-refractivity contribution in [1.29, 1.82) is 0 Å². The van der Waals surface area contributed by atoms with E-state index in [9.17, 15) is 14.4 Å². The highest BCUT2D eigenvalue weighted by atomic mass is 79.9. The van der Waals surface area contributed by atoms with Crippen molar-refractivity contribution in [2.75, 3.05) is 10.6 Å². The number of hydrogen-bond donors (Lipinski definition) is 3. The predicted octanol–water partition coefficient (Wildman–Crippen LogP) is 8.41. The fraction of sp³-hybridized carbons (Fsp3) is 0.0857. The third-order valence-electron chi connectivity index (χ3n) is 6.54. The summed E-state index contributed by atoms with van der Waals surface area (Å²) in [4.78, 5) is 45.9. The molecule has 45 heavy (non-hydrogen) atoms. The van der Waals surface area contributed by atoms with Crippen LogP contribution in [0.1, 0.15) is 27.7 Å². The number of thiazole rings is 1. The molecule has 5 aromatic rings. The Kier molecular flexibility index (Phi) is 10.6. The lowest BCUT2D eigenvalue weighted by Crippen LogP contribution is -2.30. The molecule has 1 unspecified atom stereocenters. The van der Waals surface area contributed by atoms with Gasteiger partial charge in [0.1, 0.15) is 5.70 Å². The van der Waals surface area contributed by atoms with Crippen LogP contribution in [0.5, 0.6) is 0 Å². The second-order valence-corrected chi connectivity index (χ2v) is 13.5. The average molecular weight is 698 g/mol. The van der Waals surface area contributed by atoms with Gasteiger partial charge in [-0.15, -0.1) is 23.1 Å². The van der Waals surface area contributed by atoms with E-state index in [1.165, 1.54) is 23.1 Å². The molecule has 1 aromatic heterocycles. The smallest absolute Gasteiger partial charge is 0.272 e. The topological polar surface area (TPSA) is 100 Å². The minimum Gasteiger partial charge on any atom is -0.321 e. The molecule has 0 aliphatic heterocycles. The maximum atomic E-state index is 13.5. The number of anilines is 2. The zero-order chi connectivity index (χ0) is 31.8. The van der Waals surface area contributed by atoms with Crippen molar-refractivity contribution in [3.05, 3.63) is 135 Å². The maximum Gasteiger partial charge on any atom is 0.272 e. The van der Waals surface area contributed by atoms with Crippen LogP contribution in [0, 0.1) is 6.92 Å². The molecular formula is C35H29BrN4O3S2. The molecule has 226 valence electrons. The third-order valence-corrected chi connectivity index (χ3v) is 9.01. The first-order chi connectivity index (χ1) is 21.7. The fourth-order valence-corrected chi connectivity index (χ4v) is 6.51. The van der Waals surface area contributed by atoms with Crippen LogP contribution in [0.15, 0.2) is 124 Å². The molecule has 1 heterocycles. The first-order valence-corrected chi connectivity index (χ1v) is 16.5. The number of nitrogens with one attached hydrogen (secondary N) is 3. The second kappa shape index (κ2) is 15.0. The van der Waals surface area contributed by atoms with Crippen molar-refractivity contribution in [3.8, 4) is 11.3 Å². The van der Waals surface area contributed by atoms with E-state index in [4.69, 9.17) is 0 Å². The second-order valence-electron chi connectivity index (χ2n) is 9.95. The summed E-state index contributed by atoms with van der Waals surface area (Å²) >= 11 is 6.25. The first kappa shape index (κ1) is 31.9. The van der Waals surface area contributed by atoms with E-state index in [1.54, 1.807) is 48.5 Å². The quantitative estimate of drug-likeness (QED) is 0.101. The molecule has 1 atom stereocenters. The van der Waals surface area contributed by atoms with Crippen LogP contribution in [-0.4, -0.2) is 28.0 Å². The third kappa shape index (κ3) is 8.78. The van der Waals surface area contributed by atoms with Gasteiger partial charge in [0.25, 0.3) is 11.8 Å². The molecule has 0 radical (unpaired) electrons. The van der Waals surface area contributed by atoms with Crippen molar-refractivity contribution >= 4 is 73.6 Å². The molecule has 0 saturated heterocycles. The molecule has 7 nitrogen and oxygen atoms in total. The summed E-state index contributed by atoms with van der Waals surface area (Å²) in [5, 5.41) is 8.69. The van der Waals surface area contributed by atoms with Crippen molar-refractivity contribution in [1.82, 2.24) is 10.3 Å². The standard InChI is InChI=1S/C35H29BrN4O3S2/c1-22-31(25-12-5-3-6-13-25)39-35(45-22)40-32(41)23(2)44-29-18-10-17-28(21-29)37-34(43)30(20-24-11-9-16-27(36)19-24)38-33(42)26-14-7-4-8-15-26/h3-21,23H,1-2H3,(H,37,43)(H,38,42)(H,39,40,41)/b30-20+.